The lowest BCUT2D eigenvalue weighted by Gasteiger charge is -2.15. The van der Waals surface area contributed by atoms with Gasteiger partial charge in [0, 0.05) is 19.6 Å². The number of fused-ring (bicyclic) bond motifs is 1. The standard InChI is InChI=1S/C12H17NO2/c1-2-14-12(8-13)9-3-4-11-10(7-9)5-6-15-11/h3-4,7,12H,2,5-6,8,13H2,1H3. The summed E-state index contributed by atoms with van der Waals surface area (Å²) in [5.41, 5.74) is 8.11. The minimum Gasteiger partial charge on any atom is -0.493 e. The summed E-state index contributed by atoms with van der Waals surface area (Å²) in [6.07, 6.45) is 1.01. The van der Waals surface area contributed by atoms with Gasteiger partial charge in [0.2, 0.25) is 0 Å². The summed E-state index contributed by atoms with van der Waals surface area (Å²) in [5.74, 6) is 1.01. The number of hydrogen-bond donors (Lipinski definition) is 1. The second-order valence-corrected chi connectivity index (χ2v) is 3.65. The van der Waals surface area contributed by atoms with Crippen LogP contribution in [-0.2, 0) is 11.2 Å². The number of hydrogen-bond acceptors (Lipinski definition) is 3. The molecule has 1 aliphatic heterocycles. The Balaban J connectivity index is 2.20. The Morgan fingerprint density at radius 2 is 2.40 bits per heavy atom. The maximum absolute atomic E-state index is 5.68. The van der Waals surface area contributed by atoms with Crippen LogP contribution in [0.1, 0.15) is 24.2 Å². The van der Waals surface area contributed by atoms with Gasteiger partial charge in [-0.15, -0.1) is 0 Å². The van der Waals surface area contributed by atoms with Gasteiger partial charge in [0.25, 0.3) is 0 Å². The summed E-state index contributed by atoms with van der Waals surface area (Å²) in [5, 5.41) is 0. The fourth-order valence-corrected chi connectivity index (χ4v) is 1.91. The van der Waals surface area contributed by atoms with Gasteiger partial charge in [-0.3, -0.25) is 0 Å². The maximum Gasteiger partial charge on any atom is 0.122 e. The Labute approximate surface area is 90.2 Å². The number of benzene rings is 1. The lowest BCUT2D eigenvalue weighted by atomic mass is 10.0. The van der Waals surface area contributed by atoms with Crippen molar-refractivity contribution >= 4 is 0 Å². The van der Waals surface area contributed by atoms with Crippen molar-refractivity contribution < 1.29 is 9.47 Å². The van der Waals surface area contributed by atoms with Crippen molar-refractivity contribution in [1.29, 1.82) is 0 Å². The summed E-state index contributed by atoms with van der Waals surface area (Å²) in [7, 11) is 0. The second kappa shape index (κ2) is 4.64. The van der Waals surface area contributed by atoms with E-state index in [0.717, 1.165) is 24.3 Å². The molecule has 1 atom stereocenters. The number of ether oxygens (including phenoxy) is 2. The Hall–Kier alpha value is -1.06. The molecule has 1 heterocycles. The molecule has 0 bridgehead atoms. The summed E-state index contributed by atoms with van der Waals surface area (Å²) >= 11 is 0. The molecule has 0 radical (unpaired) electrons. The van der Waals surface area contributed by atoms with E-state index in [9.17, 15) is 0 Å². The third-order valence-corrected chi connectivity index (χ3v) is 2.67. The maximum atomic E-state index is 5.68. The summed E-state index contributed by atoms with van der Waals surface area (Å²) < 4.78 is 11.0. The first kappa shape index (κ1) is 10.5. The van der Waals surface area contributed by atoms with Gasteiger partial charge in [0.05, 0.1) is 12.7 Å². The minimum absolute atomic E-state index is 0.0147. The van der Waals surface area contributed by atoms with Crippen molar-refractivity contribution in [2.45, 2.75) is 19.4 Å². The van der Waals surface area contributed by atoms with Crippen LogP contribution in [0.4, 0.5) is 0 Å². The monoisotopic (exact) mass is 207 g/mol. The highest BCUT2D eigenvalue weighted by molar-refractivity contribution is 5.40. The Morgan fingerprint density at radius 3 is 3.13 bits per heavy atom. The van der Waals surface area contributed by atoms with Gasteiger partial charge in [-0.25, -0.2) is 0 Å². The number of nitrogens with two attached hydrogens (primary N) is 1. The molecule has 0 saturated carbocycles. The van der Waals surface area contributed by atoms with Crippen molar-refractivity contribution in [1.82, 2.24) is 0 Å². The van der Waals surface area contributed by atoms with Crippen LogP contribution in [0.5, 0.6) is 5.75 Å². The van der Waals surface area contributed by atoms with E-state index in [0.29, 0.717) is 13.2 Å². The zero-order chi connectivity index (χ0) is 10.7. The first-order valence-electron chi connectivity index (χ1n) is 5.42. The molecule has 2 rings (SSSR count). The fourth-order valence-electron chi connectivity index (χ4n) is 1.91. The zero-order valence-electron chi connectivity index (χ0n) is 9.03. The highest BCUT2D eigenvalue weighted by atomic mass is 16.5. The topological polar surface area (TPSA) is 44.5 Å². The van der Waals surface area contributed by atoms with Gasteiger partial charge in [-0.1, -0.05) is 6.07 Å². The number of rotatable bonds is 4. The molecule has 1 aromatic carbocycles. The molecule has 1 aliphatic rings. The molecule has 15 heavy (non-hydrogen) atoms. The average molecular weight is 207 g/mol. The molecule has 2 N–H and O–H groups in total. The normalized spacial score (nSPS) is 15.9. The Morgan fingerprint density at radius 1 is 1.53 bits per heavy atom. The largest absolute Gasteiger partial charge is 0.493 e. The van der Waals surface area contributed by atoms with E-state index < -0.39 is 0 Å². The van der Waals surface area contributed by atoms with Crippen LogP contribution < -0.4 is 10.5 Å². The lowest BCUT2D eigenvalue weighted by molar-refractivity contribution is 0.0688. The van der Waals surface area contributed by atoms with Crippen LogP contribution in [-0.4, -0.2) is 19.8 Å². The molecule has 82 valence electrons. The van der Waals surface area contributed by atoms with Crippen LogP contribution >= 0.6 is 0 Å². The summed E-state index contributed by atoms with van der Waals surface area (Å²) in [4.78, 5) is 0. The third-order valence-electron chi connectivity index (χ3n) is 2.67. The molecule has 1 unspecified atom stereocenters. The zero-order valence-corrected chi connectivity index (χ0v) is 9.03. The van der Waals surface area contributed by atoms with Gasteiger partial charge in [0.1, 0.15) is 5.75 Å². The first-order valence-corrected chi connectivity index (χ1v) is 5.42. The van der Waals surface area contributed by atoms with E-state index in [1.807, 2.05) is 19.1 Å². The third kappa shape index (κ3) is 2.13. The first-order chi connectivity index (χ1) is 7.35. The van der Waals surface area contributed by atoms with Gasteiger partial charge in [0.15, 0.2) is 0 Å². The molecule has 0 spiro atoms. The smallest absolute Gasteiger partial charge is 0.122 e. The Bertz CT molecular complexity index is 338. The van der Waals surface area contributed by atoms with Gasteiger partial charge >= 0.3 is 0 Å². The van der Waals surface area contributed by atoms with E-state index in [2.05, 4.69) is 6.07 Å². The van der Waals surface area contributed by atoms with Crippen LogP contribution in [0.25, 0.3) is 0 Å². The SMILES string of the molecule is CCOC(CN)c1ccc2c(c1)CCO2. The molecular formula is C12H17NO2. The van der Waals surface area contributed by atoms with Crippen LogP contribution in [0.2, 0.25) is 0 Å². The molecule has 1 aromatic rings. The molecule has 0 fully saturated rings. The Kier molecular flexibility index (Phi) is 3.23. The summed E-state index contributed by atoms with van der Waals surface area (Å²) in [6.45, 7) is 3.99. The lowest BCUT2D eigenvalue weighted by Crippen LogP contribution is -2.15. The van der Waals surface area contributed by atoms with Crippen molar-refractivity contribution in [3.8, 4) is 5.75 Å². The van der Waals surface area contributed by atoms with Gasteiger partial charge in [-0.05, 0) is 30.2 Å². The van der Waals surface area contributed by atoms with Crippen molar-refractivity contribution in [2.24, 2.45) is 5.73 Å². The van der Waals surface area contributed by atoms with Crippen LogP contribution in [0, 0.1) is 0 Å². The van der Waals surface area contributed by atoms with Crippen LogP contribution in [0.3, 0.4) is 0 Å². The van der Waals surface area contributed by atoms with Crippen molar-refractivity contribution in [3.63, 3.8) is 0 Å². The molecule has 3 nitrogen and oxygen atoms in total. The van der Waals surface area contributed by atoms with E-state index in [1.54, 1.807) is 0 Å². The predicted octanol–water partition coefficient (Wildman–Crippen LogP) is 1.66. The highest BCUT2D eigenvalue weighted by Crippen LogP contribution is 2.28. The van der Waals surface area contributed by atoms with Crippen molar-refractivity contribution in [2.75, 3.05) is 19.8 Å². The van der Waals surface area contributed by atoms with Crippen molar-refractivity contribution in [3.05, 3.63) is 29.3 Å². The minimum atomic E-state index is 0.0147. The molecule has 0 saturated heterocycles. The molecule has 0 aromatic heterocycles. The molecule has 0 amide bonds. The van der Waals surface area contributed by atoms with E-state index in [4.69, 9.17) is 15.2 Å². The molecular weight excluding hydrogens is 190 g/mol. The van der Waals surface area contributed by atoms with E-state index >= 15 is 0 Å². The van der Waals surface area contributed by atoms with Gasteiger partial charge in [-0.2, -0.15) is 0 Å². The molecule has 3 heteroatoms. The van der Waals surface area contributed by atoms with Crippen LogP contribution in [0.15, 0.2) is 18.2 Å². The van der Waals surface area contributed by atoms with Gasteiger partial charge < -0.3 is 15.2 Å². The summed E-state index contributed by atoms with van der Waals surface area (Å²) in [6, 6.07) is 6.20. The fraction of sp³-hybridized carbons (Fsp3) is 0.500. The van der Waals surface area contributed by atoms with E-state index in [-0.39, 0.29) is 6.10 Å². The quantitative estimate of drug-likeness (QED) is 0.816. The average Bonchev–Trinajstić information content (AvgIpc) is 2.72. The highest BCUT2D eigenvalue weighted by Gasteiger charge is 2.15. The predicted molar refractivity (Wildman–Crippen MR) is 59.1 cm³/mol. The second-order valence-electron chi connectivity index (χ2n) is 3.65. The molecule has 0 aliphatic carbocycles. The van der Waals surface area contributed by atoms with E-state index in [1.165, 1.54) is 5.56 Å².